The Kier molecular flexibility index (Phi) is 4.34. The van der Waals surface area contributed by atoms with Crippen molar-refractivity contribution < 1.29 is 4.79 Å². The molecule has 0 spiro atoms. The number of hydrogen-bond acceptors (Lipinski definition) is 2. The van der Waals surface area contributed by atoms with Gasteiger partial charge >= 0.3 is 0 Å². The number of hydrogen-bond donors (Lipinski definition) is 1. The minimum Gasteiger partial charge on any atom is -0.344 e. The largest absolute Gasteiger partial charge is 0.344 e. The number of carbonyl (C=O) groups is 1. The molecule has 0 saturated carbocycles. The molecule has 0 unspecified atom stereocenters. The number of nitrogens with one attached hydrogen (secondary N) is 1. The molecule has 0 aromatic heterocycles. The Morgan fingerprint density at radius 3 is 2.80 bits per heavy atom. The second-order valence-electron chi connectivity index (χ2n) is 2.11. The first-order chi connectivity index (χ1) is 4.66. The zero-order valence-corrected chi connectivity index (χ0v) is 6.35. The molecule has 0 aromatic rings. The monoisotopic (exact) mass is 140 g/mol. The van der Waals surface area contributed by atoms with Crippen LogP contribution in [0.5, 0.6) is 0 Å². The summed E-state index contributed by atoms with van der Waals surface area (Å²) in [4.78, 5) is 12.2. The highest BCUT2D eigenvalue weighted by Crippen LogP contribution is 1.74. The molecule has 0 rings (SSSR count). The SMILES string of the molecule is C#CCN(C)CNC(C)=O. The Labute approximate surface area is 61.4 Å². The maximum Gasteiger partial charge on any atom is 0.217 e. The van der Waals surface area contributed by atoms with Gasteiger partial charge in [0, 0.05) is 6.92 Å². The summed E-state index contributed by atoms with van der Waals surface area (Å²) in [7, 11) is 1.84. The molecule has 1 N–H and O–H groups in total. The molecule has 3 heteroatoms. The molecule has 3 nitrogen and oxygen atoms in total. The quantitative estimate of drug-likeness (QED) is 0.429. The van der Waals surface area contributed by atoms with Gasteiger partial charge in [-0.05, 0) is 7.05 Å². The van der Waals surface area contributed by atoms with Crippen molar-refractivity contribution >= 4 is 5.91 Å². The van der Waals surface area contributed by atoms with Crippen LogP contribution in [-0.2, 0) is 4.79 Å². The van der Waals surface area contributed by atoms with E-state index in [-0.39, 0.29) is 5.91 Å². The molecule has 10 heavy (non-hydrogen) atoms. The smallest absolute Gasteiger partial charge is 0.217 e. The standard InChI is InChI=1S/C7H12N2O/c1-4-5-9(3)6-8-7(2)10/h1H,5-6H2,2-3H3,(H,8,10). The van der Waals surface area contributed by atoms with Crippen molar-refractivity contribution in [3.63, 3.8) is 0 Å². The van der Waals surface area contributed by atoms with Crippen LogP contribution in [0.1, 0.15) is 6.92 Å². The molecule has 0 saturated heterocycles. The molecule has 0 heterocycles. The maximum absolute atomic E-state index is 10.4. The lowest BCUT2D eigenvalue weighted by atomic mass is 10.6. The highest BCUT2D eigenvalue weighted by Gasteiger charge is 1.94. The van der Waals surface area contributed by atoms with Crippen molar-refractivity contribution in [2.75, 3.05) is 20.3 Å². The predicted molar refractivity (Wildman–Crippen MR) is 40.1 cm³/mol. The van der Waals surface area contributed by atoms with Gasteiger partial charge in [0.15, 0.2) is 0 Å². The van der Waals surface area contributed by atoms with Crippen LogP contribution in [0.3, 0.4) is 0 Å². The summed E-state index contributed by atoms with van der Waals surface area (Å²) < 4.78 is 0. The van der Waals surface area contributed by atoms with Gasteiger partial charge < -0.3 is 5.32 Å². The fourth-order valence-corrected chi connectivity index (χ4v) is 0.458. The van der Waals surface area contributed by atoms with Crippen LogP contribution in [-0.4, -0.2) is 31.1 Å². The number of terminal acetylenes is 1. The molecule has 1 amide bonds. The molecular weight excluding hydrogens is 128 g/mol. The van der Waals surface area contributed by atoms with Crippen LogP contribution < -0.4 is 5.32 Å². The van der Waals surface area contributed by atoms with Gasteiger partial charge in [-0.3, -0.25) is 9.69 Å². The molecule has 0 bridgehead atoms. The van der Waals surface area contributed by atoms with Crippen LogP contribution in [0.4, 0.5) is 0 Å². The molecular formula is C7H12N2O. The van der Waals surface area contributed by atoms with Crippen LogP contribution in [0.15, 0.2) is 0 Å². The normalized spacial score (nSPS) is 9.00. The minimum absolute atomic E-state index is 0.0381. The van der Waals surface area contributed by atoms with Crippen molar-refractivity contribution in [2.24, 2.45) is 0 Å². The molecule has 0 fully saturated rings. The third-order valence-electron chi connectivity index (χ3n) is 0.959. The van der Waals surface area contributed by atoms with E-state index in [4.69, 9.17) is 6.42 Å². The van der Waals surface area contributed by atoms with E-state index in [1.54, 1.807) is 0 Å². The van der Waals surface area contributed by atoms with Gasteiger partial charge in [0.25, 0.3) is 0 Å². The lowest BCUT2D eigenvalue weighted by Crippen LogP contribution is -2.33. The second kappa shape index (κ2) is 4.83. The zero-order chi connectivity index (χ0) is 7.98. The van der Waals surface area contributed by atoms with Crippen LogP contribution >= 0.6 is 0 Å². The van der Waals surface area contributed by atoms with Gasteiger partial charge in [-0.2, -0.15) is 0 Å². The Hall–Kier alpha value is -1.01. The Morgan fingerprint density at radius 2 is 2.40 bits per heavy atom. The molecule has 0 atom stereocenters. The fourth-order valence-electron chi connectivity index (χ4n) is 0.458. The highest BCUT2D eigenvalue weighted by molar-refractivity contribution is 5.72. The summed E-state index contributed by atoms with van der Waals surface area (Å²) in [5.74, 6) is 2.43. The number of amides is 1. The van der Waals surface area contributed by atoms with E-state index in [9.17, 15) is 4.79 Å². The summed E-state index contributed by atoms with van der Waals surface area (Å²) in [6.45, 7) is 2.55. The van der Waals surface area contributed by atoms with Crippen molar-refractivity contribution in [1.82, 2.24) is 10.2 Å². The first-order valence-corrected chi connectivity index (χ1v) is 3.03. The summed E-state index contributed by atoms with van der Waals surface area (Å²) in [5.41, 5.74) is 0. The van der Waals surface area contributed by atoms with E-state index in [2.05, 4.69) is 11.2 Å². The lowest BCUT2D eigenvalue weighted by molar-refractivity contribution is -0.119. The molecule has 0 aliphatic carbocycles. The van der Waals surface area contributed by atoms with E-state index >= 15 is 0 Å². The Bertz CT molecular complexity index is 148. The second-order valence-corrected chi connectivity index (χ2v) is 2.11. The van der Waals surface area contributed by atoms with Crippen molar-refractivity contribution in [3.05, 3.63) is 0 Å². The minimum atomic E-state index is -0.0381. The van der Waals surface area contributed by atoms with Gasteiger partial charge in [0.2, 0.25) is 5.91 Å². The van der Waals surface area contributed by atoms with E-state index < -0.39 is 0 Å². The Morgan fingerprint density at radius 1 is 1.80 bits per heavy atom. The van der Waals surface area contributed by atoms with E-state index in [1.165, 1.54) is 6.92 Å². The summed E-state index contributed by atoms with van der Waals surface area (Å²) in [6, 6.07) is 0. The molecule has 56 valence electrons. The van der Waals surface area contributed by atoms with Crippen LogP contribution in [0.2, 0.25) is 0 Å². The highest BCUT2D eigenvalue weighted by atomic mass is 16.1. The van der Waals surface area contributed by atoms with Crippen molar-refractivity contribution in [3.8, 4) is 12.3 Å². The number of carbonyl (C=O) groups excluding carboxylic acids is 1. The van der Waals surface area contributed by atoms with Gasteiger partial charge in [0.1, 0.15) is 0 Å². The van der Waals surface area contributed by atoms with Crippen LogP contribution in [0.25, 0.3) is 0 Å². The summed E-state index contributed by atoms with van der Waals surface area (Å²) in [6.07, 6.45) is 5.03. The third kappa shape index (κ3) is 5.13. The van der Waals surface area contributed by atoms with Gasteiger partial charge in [-0.15, -0.1) is 6.42 Å². The van der Waals surface area contributed by atoms with Gasteiger partial charge in [-0.25, -0.2) is 0 Å². The molecule has 0 aromatic carbocycles. The third-order valence-corrected chi connectivity index (χ3v) is 0.959. The number of rotatable bonds is 3. The zero-order valence-electron chi connectivity index (χ0n) is 6.35. The summed E-state index contributed by atoms with van der Waals surface area (Å²) in [5, 5.41) is 2.62. The topological polar surface area (TPSA) is 32.3 Å². The molecule has 0 radical (unpaired) electrons. The van der Waals surface area contributed by atoms with E-state index in [0.29, 0.717) is 13.2 Å². The Balaban J connectivity index is 3.32. The van der Waals surface area contributed by atoms with Crippen molar-refractivity contribution in [1.29, 1.82) is 0 Å². The van der Waals surface area contributed by atoms with Crippen molar-refractivity contribution in [2.45, 2.75) is 6.92 Å². The average molecular weight is 140 g/mol. The lowest BCUT2D eigenvalue weighted by Gasteiger charge is -2.12. The first-order valence-electron chi connectivity index (χ1n) is 3.03. The van der Waals surface area contributed by atoms with Crippen LogP contribution in [0, 0.1) is 12.3 Å². The predicted octanol–water partition coefficient (Wildman–Crippen LogP) is -0.355. The summed E-state index contributed by atoms with van der Waals surface area (Å²) >= 11 is 0. The van der Waals surface area contributed by atoms with Gasteiger partial charge in [0.05, 0.1) is 13.2 Å². The maximum atomic E-state index is 10.4. The molecule has 0 aliphatic rings. The van der Waals surface area contributed by atoms with E-state index in [1.807, 2.05) is 11.9 Å². The average Bonchev–Trinajstić information content (AvgIpc) is 1.85. The molecule has 0 aliphatic heterocycles. The van der Waals surface area contributed by atoms with E-state index in [0.717, 1.165) is 0 Å². The first kappa shape index (κ1) is 8.99. The van der Waals surface area contributed by atoms with Gasteiger partial charge in [-0.1, -0.05) is 5.92 Å². The fraction of sp³-hybridized carbons (Fsp3) is 0.571. The number of nitrogens with zero attached hydrogens (tertiary/aromatic N) is 1.